The molecule has 1 rings (SSSR count). The summed E-state index contributed by atoms with van der Waals surface area (Å²) in [5.41, 5.74) is 0.460. The summed E-state index contributed by atoms with van der Waals surface area (Å²) in [5, 5.41) is 9.66. The van der Waals surface area contributed by atoms with Crippen molar-refractivity contribution in [3.63, 3.8) is 0 Å². The quantitative estimate of drug-likeness (QED) is 0.831. The molecule has 1 atom stereocenters. The van der Waals surface area contributed by atoms with Crippen LogP contribution in [0.5, 0.6) is 0 Å². The zero-order valence-corrected chi connectivity index (χ0v) is 10.3. The Labute approximate surface area is 98.0 Å². The van der Waals surface area contributed by atoms with Crippen LogP contribution in [0.15, 0.2) is 0 Å². The first kappa shape index (κ1) is 13.1. The SMILES string of the molecule is CCOC(C)c1nc(COC)c(C(=O)O)s1. The molecule has 0 saturated carbocycles. The summed E-state index contributed by atoms with van der Waals surface area (Å²) in [7, 11) is 1.51. The van der Waals surface area contributed by atoms with E-state index in [0.29, 0.717) is 17.3 Å². The molecule has 0 radical (unpaired) electrons. The van der Waals surface area contributed by atoms with E-state index in [-0.39, 0.29) is 17.6 Å². The van der Waals surface area contributed by atoms with E-state index < -0.39 is 5.97 Å². The summed E-state index contributed by atoms with van der Waals surface area (Å²) in [6, 6.07) is 0. The van der Waals surface area contributed by atoms with Gasteiger partial charge >= 0.3 is 5.97 Å². The Balaban J connectivity index is 2.96. The minimum Gasteiger partial charge on any atom is -0.477 e. The van der Waals surface area contributed by atoms with Crippen molar-refractivity contribution in [2.45, 2.75) is 26.6 Å². The maximum absolute atomic E-state index is 11.0. The van der Waals surface area contributed by atoms with Crippen molar-refractivity contribution in [3.05, 3.63) is 15.6 Å². The number of carboxylic acids is 1. The summed E-state index contributed by atoms with van der Waals surface area (Å²) in [6.07, 6.45) is -0.182. The normalized spacial score (nSPS) is 12.7. The molecule has 1 heterocycles. The van der Waals surface area contributed by atoms with Gasteiger partial charge in [-0.25, -0.2) is 9.78 Å². The summed E-state index contributed by atoms with van der Waals surface area (Å²) in [4.78, 5) is 15.4. The molecule has 5 nitrogen and oxygen atoms in total. The third-order valence-electron chi connectivity index (χ3n) is 1.95. The van der Waals surface area contributed by atoms with Gasteiger partial charge < -0.3 is 14.6 Å². The summed E-state index contributed by atoms with van der Waals surface area (Å²) in [5.74, 6) is -0.973. The lowest BCUT2D eigenvalue weighted by atomic mass is 10.3. The van der Waals surface area contributed by atoms with Gasteiger partial charge in [-0.05, 0) is 13.8 Å². The molecular weight excluding hydrogens is 230 g/mol. The Kier molecular flexibility index (Phi) is 4.85. The second-order valence-electron chi connectivity index (χ2n) is 3.16. The summed E-state index contributed by atoms with van der Waals surface area (Å²) in [6.45, 7) is 4.52. The van der Waals surface area contributed by atoms with E-state index in [9.17, 15) is 4.79 Å². The third-order valence-corrected chi connectivity index (χ3v) is 3.20. The number of rotatable bonds is 6. The van der Waals surface area contributed by atoms with Gasteiger partial charge in [0.05, 0.1) is 12.3 Å². The van der Waals surface area contributed by atoms with Crippen molar-refractivity contribution in [1.29, 1.82) is 0 Å². The Bertz CT molecular complexity index is 364. The molecule has 0 aliphatic rings. The summed E-state index contributed by atoms with van der Waals surface area (Å²) >= 11 is 1.14. The molecule has 0 aliphatic carbocycles. The molecular formula is C10H15NO4S. The lowest BCUT2D eigenvalue weighted by Crippen LogP contribution is -2.01. The van der Waals surface area contributed by atoms with Gasteiger partial charge in [0, 0.05) is 13.7 Å². The van der Waals surface area contributed by atoms with Crippen molar-refractivity contribution in [3.8, 4) is 0 Å². The minimum absolute atomic E-state index is 0.182. The van der Waals surface area contributed by atoms with E-state index in [1.54, 1.807) is 0 Å². The maximum atomic E-state index is 11.0. The van der Waals surface area contributed by atoms with Gasteiger partial charge in [0.25, 0.3) is 0 Å². The molecule has 0 spiro atoms. The van der Waals surface area contributed by atoms with Crippen LogP contribution in [0.3, 0.4) is 0 Å². The third kappa shape index (κ3) is 3.01. The highest BCUT2D eigenvalue weighted by molar-refractivity contribution is 7.13. The lowest BCUT2D eigenvalue weighted by Gasteiger charge is -2.06. The highest BCUT2D eigenvalue weighted by Gasteiger charge is 2.20. The second kappa shape index (κ2) is 5.93. The van der Waals surface area contributed by atoms with Gasteiger partial charge in [-0.15, -0.1) is 11.3 Å². The Morgan fingerprint density at radius 2 is 2.31 bits per heavy atom. The Hall–Kier alpha value is -0.980. The predicted molar refractivity (Wildman–Crippen MR) is 59.8 cm³/mol. The molecule has 1 aromatic rings. The van der Waals surface area contributed by atoms with E-state index in [2.05, 4.69) is 4.98 Å². The largest absolute Gasteiger partial charge is 0.477 e. The average molecular weight is 245 g/mol. The van der Waals surface area contributed by atoms with Gasteiger partial charge in [-0.3, -0.25) is 0 Å². The van der Waals surface area contributed by atoms with E-state index >= 15 is 0 Å². The molecule has 0 aromatic carbocycles. The lowest BCUT2D eigenvalue weighted by molar-refractivity contribution is 0.0696. The van der Waals surface area contributed by atoms with Crippen LogP contribution in [0.1, 0.15) is 40.3 Å². The number of hydrogen-bond donors (Lipinski definition) is 1. The van der Waals surface area contributed by atoms with Gasteiger partial charge in [-0.2, -0.15) is 0 Å². The number of carbonyl (C=O) groups is 1. The Morgan fingerprint density at radius 1 is 1.62 bits per heavy atom. The molecule has 16 heavy (non-hydrogen) atoms. The molecule has 0 saturated heterocycles. The van der Waals surface area contributed by atoms with Crippen molar-refractivity contribution in [2.24, 2.45) is 0 Å². The predicted octanol–water partition coefficient (Wildman–Crippen LogP) is 2.09. The highest BCUT2D eigenvalue weighted by atomic mass is 32.1. The molecule has 0 amide bonds. The molecule has 1 unspecified atom stereocenters. The molecule has 0 aliphatic heterocycles. The molecule has 0 fully saturated rings. The fourth-order valence-electron chi connectivity index (χ4n) is 1.27. The zero-order valence-electron chi connectivity index (χ0n) is 9.52. The number of aromatic nitrogens is 1. The number of methoxy groups -OCH3 is 1. The molecule has 1 N–H and O–H groups in total. The van der Waals surface area contributed by atoms with Crippen molar-refractivity contribution < 1.29 is 19.4 Å². The van der Waals surface area contributed by atoms with Gasteiger partial charge in [0.1, 0.15) is 16.0 Å². The fraction of sp³-hybridized carbons (Fsp3) is 0.600. The van der Waals surface area contributed by atoms with Crippen LogP contribution < -0.4 is 0 Å². The number of nitrogens with zero attached hydrogens (tertiary/aromatic N) is 1. The first-order valence-electron chi connectivity index (χ1n) is 4.93. The van der Waals surface area contributed by atoms with Gasteiger partial charge in [0.15, 0.2) is 0 Å². The molecule has 90 valence electrons. The minimum atomic E-state index is -0.973. The second-order valence-corrected chi connectivity index (χ2v) is 4.19. The highest BCUT2D eigenvalue weighted by Crippen LogP contribution is 2.26. The van der Waals surface area contributed by atoms with Crippen LogP contribution in [-0.4, -0.2) is 29.8 Å². The topological polar surface area (TPSA) is 68.7 Å². The van der Waals surface area contributed by atoms with Crippen LogP contribution in [0.2, 0.25) is 0 Å². The van der Waals surface area contributed by atoms with E-state index in [1.165, 1.54) is 7.11 Å². The monoisotopic (exact) mass is 245 g/mol. The number of thiazole rings is 1. The molecule has 0 bridgehead atoms. The molecule has 6 heteroatoms. The first-order valence-corrected chi connectivity index (χ1v) is 5.75. The van der Waals surface area contributed by atoms with Crippen LogP contribution in [0.25, 0.3) is 0 Å². The van der Waals surface area contributed by atoms with E-state index in [4.69, 9.17) is 14.6 Å². The van der Waals surface area contributed by atoms with Crippen molar-refractivity contribution >= 4 is 17.3 Å². The van der Waals surface area contributed by atoms with Crippen molar-refractivity contribution in [2.75, 3.05) is 13.7 Å². The van der Waals surface area contributed by atoms with Crippen LogP contribution in [0, 0.1) is 0 Å². The Morgan fingerprint density at radius 3 is 2.81 bits per heavy atom. The number of aromatic carboxylic acids is 1. The molecule has 1 aromatic heterocycles. The van der Waals surface area contributed by atoms with Crippen LogP contribution in [-0.2, 0) is 16.1 Å². The fourth-order valence-corrected chi connectivity index (χ4v) is 2.18. The van der Waals surface area contributed by atoms with Crippen LogP contribution in [0.4, 0.5) is 0 Å². The first-order chi connectivity index (χ1) is 7.60. The number of hydrogen-bond acceptors (Lipinski definition) is 5. The van der Waals surface area contributed by atoms with E-state index in [1.807, 2.05) is 13.8 Å². The zero-order chi connectivity index (χ0) is 12.1. The standard InChI is InChI=1S/C10H15NO4S/c1-4-15-6(2)9-11-7(5-14-3)8(16-9)10(12)13/h6H,4-5H2,1-3H3,(H,12,13). The maximum Gasteiger partial charge on any atom is 0.347 e. The smallest absolute Gasteiger partial charge is 0.347 e. The van der Waals surface area contributed by atoms with Gasteiger partial charge in [0.2, 0.25) is 0 Å². The average Bonchev–Trinajstić information content (AvgIpc) is 2.63. The van der Waals surface area contributed by atoms with E-state index in [0.717, 1.165) is 11.3 Å². The van der Waals surface area contributed by atoms with Gasteiger partial charge in [-0.1, -0.05) is 0 Å². The van der Waals surface area contributed by atoms with Crippen LogP contribution >= 0.6 is 11.3 Å². The number of ether oxygens (including phenoxy) is 2. The van der Waals surface area contributed by atoms with Crippen molar-refractivity contribution in [1.82, 2.24) is 4.98 Å². The summed E-state index contributed by atoms with van der Waals surface area (Å²) < 4.78 is 10.3. The number of carboxylic acid groups (broad SMARTS) is 1.